The maximum Gasteiger partial charge on any atom is 0.510 e. The maximum atomic E-state index is 13.1. The Labute approximate surface area is 289 Å². The van der Waals surface area contributed by atoms with E-state index in [9.17, 15) is 19.5 Å². The summed E-state index contributed by atoms with van der Waals surface area (Å²) in [4.78, 5) is 44.9. The van der Waals surface area contributed by atoms with Gasteiger partial charge in [0.05, 0.1) is 12.0 Å². The van der Waals surface area contributed by atoms with Crippen molar-refractivity contribution in [2.45, 2.75) is 79.0 Å². The Morgan fingerprint density at radius 2 is 1.52 bits per heavy atom. The van der Waals surface area contributed by atoms with Crippen molar-refractivity contribution in [1.29, 1.82) is 0 Å². The molecule has 0 saturated carbocycles. The fourth-order valence-corrected chi connectivity index (χ4v) is 5.32. The van der Waals surface area contributed by atoms with Gasteiger partial charge < -0.3 is 19.5 Å². The summed E-state index contributed by atoms with van der Waals surface area (Å²) in [5.41, 5.74) is 4.25. The van der Waals surface area contributed by atoms with Gasteiger partial charge in [-0.1, -0.05) is 100.0 Å². The molecule has 1 aromatic heterocycles. The number of tetrazole rings is 1. The largest absolute Gasteiger partial charge is 0.510 e. The van der Waals surface area contributed by atoms with Crippen molar-refractivity contribution < 1.29 is 44.2 Å². The molecule has 50 heavy (non-hydrogen) atoms. The topological polar surface area (TPSA) is 190 Å². The summed E-state index contributed by atoms with van der Waals surface area (Å²) in [5.74, 6) is -1.18. The molecule has 1 heterocycles. The highest BCUT2D eigenvalue weighted by Crippen LogP contribution is 2.31. The van der Waals surface area contributed by atoms with Crippen molar-refractivity contribution in [2.75, 3.05) is 0 Å². The van der Waals surface area contributed by atoms with Crippen LogP contribution in [0.2, 0.25) is 0 Å². The minimum Gasteiger partial charge on any atom is -0.480 e. The molecule has 4 aromatic rings. The lowest BCUT2D eigenvalue weighted by atomic mass is 9.97. The van der Waals surface area contributed by atoms with E-state index < -0.39 is 29.8 Å². The molecular weight excluding hydrogens is 648 g/mol. The number of carboxylic acid groups (broad SMARTS) is 1. The maximum absolute atomic E-state index is 13.1. The fraction of sp³-hybridized carbons (Fsp3) is 0.371. The van der Waals surface area contributed by atoms with Crippen molar-refractivity contribution >= 4 is 18.0 Å². The van der Waals surface area contributed by atoms with Gasteiger partial charge in [0, 0.05) is 18.5 Å². The molecule has 3 aromatic carbocycles. The van der Waals surface area contributed by atoms with Gasteiger partial charge >= 0.3 is 12.1 Å². The van der Waals surface area contributed by atoms with Gasteiger partial charge in [-0.25, -0.2) is 14.4 Å². The van der Waals surface area contributed by atoms with Gasteiger partial charge in [0.15, 0.2) is 0 Å². The predicted octanol–water partition coefficient (Wildman–Crippen LogP) is 6.02. The Morgan fingerprint density at radius 1 is 0.880 bits per heavy atom. The van der Waals surface area contributed by atoms with Gasteiger partial charge in [-0.3, -0.25) is 15.2 Å². The van der Waals surface area contributed by atoms with E-state index in [2.05, 4.69) is 20.2 Å². The minimum atomic E-state index is -1.03. The van der Waals surface area contributed by atoms with Crippen LogP contribution in [0.3, 0.4) is 0 Å². The summed E-state index contributed by atoms with van der Waals surface area (Å²) in [5, 5.41) is 39.8. The zero-order chi connectivity index (χ0) is 36.2. The van der Waals surface area contributed by atoms with Crippen molar-refractivity contribution in [3.8, 4) is 22.5 Å². The number of hydrogen-bond donors (Lipinski definition) is 3. The van der Waals surface area contributed by atoms with Crippen LogP contribution in [-0.2, 0) is 43.7 Å². The third-order valence-electron chi connectivity index (χ3n) is 7.89. The molecule has 0 aliphatic carbocycles. The first-order valence-corrected chi connectivity index (χ1v) is 16.2. The highest BCUT2D eigenvalue weighted by molar-refractivity contribution is 5.84. The number of nitrogens with zero attached hydrogens (tertiary/aromatic N) is 6. The van der Waals surface area contributed by atoms with Crippen molar-refractivity contribution in [3.05, 3.63) is 89.5 Å². The van der Waals surface area contributed by atoms with Crippen LogP contribution in [0, 0.1) is 5.92 Å². The van der Waals surface area contributed by atoms with Gasteiger partial charge in [0.25, 0.3) is 0 Å². The van der Waals surface area contributed by atoms with Crippen molar-refractivity contribution in [3.63, 3.8) is 0 Å². The predicted molar refractivity (Wildman–Crippen MR) is 178 cm³/mol. The summed E-state index contributed by atoms with van der Waals surface area (Å²) in [7, 11) is 0. The number of aliphatic carboxylic acids is 1. The molecule has 266 valence electrons. The molecule has 2 atom stereocenters. The molecule has 15 nitrogen and oxygen atoms in total. The van der Waals surface area contributed by atoms with Gasteiger partial charge in [0.2, 0.25) is 18.0 Å². The highest BCUT2D eigenvalue weighted by atomic mass is 17.1. The molecule has 0 aliphatic rings. The second-order valence-corrected chi connectivity index (χ2v) is 11.9. The summed E-state index contributed by atoms with van der Waals surface area (Å²) in [6.07, 6.45) is -0.132. The number of carbonyl (C=O) groups excluding carboxylic acids is 2. The van der Waals surface area contributed by atoms with E-state index in [1.807, 2.05) is 55.5 Å². The first kappa shape index (κ1) is 37.6. The molecule has 15 heteroatoms. The van der Waals surface area contributed by atoms with Crippen LogP contribution in [-0.4, -0.2) is 70.1 Å². The van der Waals surface area contributed by atoms with Crippen LogP contribution in [0.15, 0.2) is 72.8 Å². The van der Waals surface area contributed by atoms with Crippen LogP contribution in [0.1, 0.15) is 69.9 Å². The van der Waals surface area contributed by atoms with E-state index in [-0.39, 0.29) is 37.4 Å². The highest BCUT2D eigenvalue weighted by Gasteiger charge is 2.32. The molecule has 0 aliphatic heterocycles. The quantitative estimate of drug-likeness (QED) is 0.0862. The van der Waals surface area contributed by atoms with E-state index in [0.717, 1.165) is 27.9 Å². The van der Waals surface area contributed by atoms with Gasteiger partial charge in [-0.2, -0.15) is 0 Å². The Kier molecular flexibility index (Phi) is 13.5. The molecule has 0 radical (unpaired) electrons. The Bertz CT molecular complexity index is 1730. The zero-order valence-electron chi connectivity index (χ0n) is 28.4. The lowest BCUT2D eigenvalue weighted by Crippen LogP contribution is -2.47. The summed E-state index contributed by atoms with van der Waals surface area (Å²) < 4.78 is 10.6. The van der Waals surface area contributed by atoms with E-state index >= 15 is 0 Å². The molecular formula is C35H42N6O9. The van der Waals surface area contributed by atoms with E-state index in [1.54, 1.807) is 45.0 Å². The van der Waals surface area contributed by atoms with E-state index in [0.29, 0.717) is 29.5 Å². The number of hydrogen-bond acceptors (Lipinski definition) is 12. The van der Waals surface area contributed by atoms with Crippen LogP contribution < -0.4 is 0 Å². The fourth-order valence-electron chi connectivity index (χ4n) is 5.32. The lowest BCUT2D eigenvalue weighted by molar-refractivity contribution is -0.497. The minimum absolute atomic E-state index is 0.158. The number of ether oxygens (including phenoxy) is 2. The molecule has 0 fully saturated rings. The number of aromatic nitrogens is 4. The van der Waals surface area contributed by atoms with Crippen LogP contribution in [0.4, 0.5) is 4.79 Å². The third kappa shape index (κ3) is 10.1. The smallest absolute Gasteiger partial charge is 0.480 e. The zero-order valence-corrected chi connectivity index (χ0v) is 28.4. The monoisotopic (exact) mass is 690 g/mol. The summed E-state index contributed by atoms with van der Waals surface area (Å²) in [6.45, 7) is 6.99. The molecule has 1 unspecified atom stereocenters. The molecule has 0 saturated heterocycles. The Morgan fingerprint density at radius 3 is 2.14 bits per heavy atom. The first-order valence-electron chi connectivity index (χ1n) is 16.2. The van der Waals surface area contributed by atoms with Crippen molar-refractivity contribution in [2.24, 2.45) is 5.92 Å². The number of carbonyl (C=O) groups is 3. The van der Waals surface area contributed by atoms with Crippen LogP contribution in [0.5, 0.6) is 0 Å². The number of benzene rings is 3. The molecule has 4 rings (SSSR count). The number of unbranched alkanes of at least 4 members (excludes halogenated alkanes) is 1. The second-order valence-electron chi connectivity index (χ2n) is 11.9. The average Bonchev–Trinajstić information content (AvgIpc) is 3.59. The second kappa shape index (κ2) is 18.0. The first-order chi connectivity index (χ1) is 24.0. The SMILES string of the molecule is CCCCC(=O)N(Cc1ccc(-c2ccccc2-c2nnn(C(C)OC(=O)OCc3ccccc3CON(O)O)n2)cc1)[C@H](C(=O)O)C(C)C. The molecule has 1 amide bonds. The average molecular weight is 691 g/mol. The number of rotatable bonds is 17. The molecule has 0 bridgehead atoms. The van der Waals surface area contributed by atoms with Gasteiger partial charge in [-0.05, 0) is 52.3 Å². The Hall–Kier alpha value is -5.22. The summed E-state index contributed by atoms with van der Waals surface area (Å²) >= 11 is 0. The van der Waals surface area contributed by atoms with Crippen molar-refractivity contribution in [1.82, 2.24) is 30.5 Å². The Balaban J connectivity index is 1.44. The van der Waals surface area contributed by atoms with E-state index in [1.165, 1.54) is 4.90 Å². The van der Waals surface area contributed by atoms with E-state index in [4.69, 9.17) is 19.9 Å². The number of amides is 1. The molecule has 3 N–H and O–H groups in total. The lowest BCUT2D eigenvalue weighted by Gasteiger charge is -2.32. The van der Waals surface area contributed by atoms with Gasteiger partial charge in [-0.15, -0.1) is 15.0 Å². The molecule has 0 spiro atoms. The number of carboxylic acids is 1. The normalized spacial score (nSPS) is 12.5. The van der Waals surface area contributed by atoms with Gasteiger partial charge in [0.1, 0.15) is 12.6 Å². The van der Waals surface area contributed by atoms with Crippen LogP contribution >= 0.6 is 0 Å². The summed E-state index contributed by atoms with van der Waals surface area (Å²) in [6, 6.07) is 20.9. The van der Waals surface area contributed by atoms with Crippen LogP contribution in [0.25, 0.3) is 22.5 Å². The standard InChI is InChI=1S/C35H42N6O9/c1-5-6-15-31(42)39(32(23(2)3)34(43)44)20-25-16-18-26(19-17-25)29-13-9-10-14-30(29)33-36-38-40(37-33)24(4)50-35(45)48-21-27-11-7-8-12-28(27)22-49-41(46)47/h7-14,16-19,23-24,32,46-47H,5-6,15,20-22H2,1-4H3,(H,43,44)/t24?,32-/m0/s1. The third-order valence-corrected chi connectivity index (χ3v) is 7.89.